The molecule has 0 radical (unpaired) electrons. The minimum atomic E-state index is 0.0323. The summed E-state index contributed by atoms with van der Waals surface area (Å²) in [7, 11) is 0. The van der Waals surface area contributed by atoms with Crippen molar-refractivity contribution in [3.05, 3.63) is 39.3 Å². The van der Waals surface area contributed by atoms with Gasteiger partial charge in [-0.25, -0.2) is 9.97 Å². The Kier molecular flexibility index (Phi) is 4.57. The first-order valence-electron chi connectivity index (χ1n) is 9.72. The second-order valence-electron chi connectivity index (χ2n) is 7.44. The molecule has 0 bridgehead atoms. The molecule has 0 spiro atoms. The van der Waals surface area contributed by atoms with E-state index in [9.17, 15) is 4.79 Å². The lowest BCUT2D eigenvalue weighted by Crippen LogP contribution is -2.47. The molecule has 5 rings (SSSR count). The fraction of sp³-hybridized carbons (Fsp3) is 0.450. The maximum absolute atomic E-state index is 12.0. The number of thiazole rings is 2. The van der Waals surface area contributed by atoms with E-state index in [0.717, 1.165) is 58.8 Å². The molecule has 2 aliphatic rings. The summed E-state index contributed by atoms with van der Waals surface area (Å²) < 4.78 is 1.26. The number of rotatable bonds is 3. The first-order chi connectivity index (χ1) is 13.6. The first-order valence-corrected chi connectivity index (χ1v) is 11.4. The Morgan fingerprint density at radius 1 is 1.14 bits per heavy atom. The Labute approximate surface area is 172 Å². The smallest absolute Gasteiger partial charge is 0.263 e. The van der Waals surface area contributed by atoms with Crippen molar-refractivity contribution in [2.75, 3.05) is 37.6 Å². The van der Waals surface area contributed by atoms with Crippen molar-refractivity contribution in [1.29, 1.82) is 0 Å². The van der Waals surface area contributed by atoms with Crippen molar-refractivity contribution >= 4 is 43.9 Å². The number of nitrogens with one attached hydrogen (secondary N) is 1. The molecule has 28 heavy (non-hydrogen) atoms. The lowest BCUT2D eigenvalue weighted by atomic mass is 10.1. The molecule has 1 atom stereocenters. The van der Waals surface area contributed by atoms with Crippen LogP contribution < -0.4 is 10.2 Å². The van der Waals surface area contributed by atoms with Crippen molar-refractivity contribution in [2.24, 2.45) is 0 Å². The molecule has 1 aromatic carbocycles. The summed E-state index contributed by atoms with van der Waals surface area (Å²) in [5.41, 5.74) is 3.40. The van der Waals surface area contributed by atoms with Crippen LogP contribution in [0.3, 0.4) is 0 Å². The largest absolute Gasteiger partial charge is 0.351 e. The summed E-state index contributed by atoms with van der Waals surface area (Å²) in [6.45, 7) is 8.91. The van der Waals surface area contributed by atoms with Crippen molar-refractivity contribution in [2.45, 2.75) is 26.3 Å². The van der Waals surface area contributed by atoms with E-state index in [1.807, 2.05) is 0 Å². The maximum Gasteiger partial charge on any atom is 0.263 e. The number of carbonyl (C=O) groups is 1. The monoisotopic (exact) mass is 413 g/mol. The van der Waals surface area contributed by atoms with Crippen LogP contribution in [0.1, 0.15) is 38.9 Å². The number of anilines is 1. The molecule has 1 unspecified atom stereocenters. The molecule has 3 aromatic rings. The van der Waals surface area contributed by atoms with Crippen molar-refractivity contribution in [3.8, 4) is 0 Å². The first kappa shape index (κ1) is 18.0. The minimum Gasteiger partial charge on any atom is -0.351 e. The van der Waals surface area contributed by atoms with E-state index < -0.39 is 0 Å². The quantitative estimate of drug-likeness (QED) is 0.714. The number of piperazine rings is 1. The number of hydrogen-bond acceptors (Lipinski definition) is 7. The van der Waals surface area contributed by atoms with Crippen molar-refractivity contribution < 1.29 is 4.79 Å². The Morgan fingerprint density at radius 2 is 1.96 bits per heavy atom. The Balaban J connectivity index is 1.28. The van der Waals surface area contributed by atoms with Gasteiger partial charge in [-0.05, 0) is 31.5 Å². The Morgan fingerprint density at radius 3 is 2.75 bits per heavy atom. The van der Waals surface area contributed by atoms with Crippen LogP contribution in [-0.2, 0) is 6.42 Å². The topological polar surface area (TPSA) is 61.4 Å². The summed E-state index contributed by atoms with van der Waals surface area (Å²) >= 11 is 3.29. The Bertz CT molecular complexity index is 1030. The number of amides is 1. The van der Waals surface area contributed by atoms with E-state index >= 15 is 0 Å². The normalized spacial score (nSPS) is 18.9. The number of carbonyl (C=O) groups excluding carboxylic acids is 1. The van der Waals surface area contributed by atoms with E-state index in [1.165, 1.54) is 21.6 Å². The summed E-state index contributed by atoms with van der Waals surface area (Å²) in [5.74, 6) is 0.0323. The van der Waals surface area contributed by atoms with Gasteiger partial charge < -0.3 is 10.2 Å². The van der Waals surface area contributed by atoms with Gasteiger partial charge in [0, 0.05) is 45.2 Å². The molecule has 2 aromatic heterocycles. The van der Waals surface area contributed by atoms with Crippen LogP contribution in [0, 0.1) is 6.92 Å². The van der Waals surface area contributed by atoms with Gasteiger partial charge in [-0.3, -0.25) is 9.69 Å². The lowest BCUT2D eigenvalue weighted by Gasteiger charge is -2.38. The van der Waals surface area contributed by atoms with E-state index in [4.69, 9.17) is 4.98 Å². The summed E-state index contributed by atoms with van der Waals surface area (Å²) in [6, 6.07) is 7.05. The molecular formula is C20H23N5OS2. The predicted octanol–water partition coefficient (Wildman–Crippen LogP) is 3.23. The molecule has 2 aliphatic heterocycles. The number of fused-ring (bicyclic) bond motifs is 2. The van der Waals surface area contributed by atoms with Gasteiger partial charge in [0.1, 0.15) is 4.88 Å². The van der Waals surface area contributed by atoms with Crippen LogP contribution in [0.2, 0.25) is 0 Å². The molecule has 4 heterocycles. The van der Waals surface area contributed by atoms with Crippen LogP contribution in [0.15, 0.2) is 18.2 Å². The number of aryl methyl sites for hydroxylation is 1. The average molecular weight is 414 g/mol. The zero-order chi connectivity index (χ0) is 19.3. The lowest BCUT2D eigenvalue weighted by molar-refractivity contribution is 0.0950. The zero-order valence-electron chi connectivity index (χ0n) is 16.1. The highest BCUT2D eigenvalue weighted by atomic mass is 32.1. The number of nitrogens with zero attached hydrogens (tertiary/aromatic N) is 4. The SMILES string of the molecule is Cc1nc2cc(C(C)N3CCN(c4nc5c(s4)C(=O)NCC5)CC3)ccc2s1. The molecule has 8 heteroatoms. The highest BCUT2D eigenvalue weighted by Gasteiger charge is 2.27. The van der Waals surface area contributed by atoms with E-state index in [0.29, 0.717) is 12.6 Å². The summed E-state index contributed by atoms with van der Waals surface area (Å²) in [4.78, 5) is 27.0. The fourth-order valence-corrected chi connectivity index (χ4v) is 5.91. The standard InChI is InChI=1S/C20H23N5OS2/c1-12(14-3-4-17-16(11-14)22-13(2)27-17)24-7-9-25(10-8-24)20-23-15-5-6-21-19(26)18(15)28-20/h3-4,11-12H,5-10H2,1-2H3,(H,21,26). The van der Waals surface area contributed by atoms with Gasteiger partial charge in [0.2, 0.25) is 0 Å². The second kappa shape index (κ2) is 7.09. The zero-order valence-corrected chi connectivity index (χ0v) is 17.7. The maximum atomic E-state index is 12.0. The number of aromatic nitrogens is 2. The van der Waals surface area contributed by atoms with E-state index in [-0.39, 0.29) is 5.91 Å². The van der Waals surface area contributed by atoms with Gasteiger partial charge in [0.05, 0.1) is 20.9 Å². The van der Waals surface area contributed by atoms with Crippen LogP contribution in [0.25, 0.3) is 10.2 Å². The molecule has 1 saturated heterocycles. The van der Waals surface area contributed by atoms with E-state index in [2.05, 4.69) is 52.1 Å². The predicted molar refractivity (Wildman–Crippen MR) is 115 cm³/mol. The Hall–Kier alpha value is -2.03. The van der Waals surface area contributed by atoms with Gasteiger partial charge in [0.25, 0.3) is 5.91 Å². The van der Waals surface area contributed by atoms with Gasteiger partial charge in [-0.15, -0.1) is 11.3 Å². The van der Waals surface area contributed by atoms with Gasteiger partial charge in [0.15, 0.2) is 5.13 Å². The molecule has 0 aliphatic carbocycles. The van der Waals surface area contributed by atoms with E-state index in [1.54, 1.807) is 11.3 Å². The second-order valence-corrected chi connectivity index (χ2v) is 9.65. The minimum absolute atomic E-state index is 0.0323. The molecule has 0 saturated carbocycles. The van der Waals surface area contributed by atoms with Crippen LogP contribution >= 0.6 is 22.7 Å². The highest BCUT2D eigenvalue weighted by Crippen LogP contribution is 2.31. The third-order valence-electron chi connectivity index (χ3n) is 5.67. The third-order valence-corrected chi connectivity index (χ3v) is 7.78. The highest BCUT2D eigenvalue weighted by molar-refractivity contribution is 7.18. The summed E-state index contributed by atoms with van der Waals surface area (Å²) in [6.07, 6.45) is 0.840. The fourth-order valence-electron chi connectivity index (χ4n) is 4.03. The van der Waals surface area contributed by atoms with Crippen molar-refractivity contribution in [1.82, 2.24) is 20.2 Å². The summed E-state index contributed by atoms with van der Waals surface area (Å²) in [5, 5.41) is 5.02. The third kappa shape index (κ3) is 3.19. The van der Waals surface area contributed by atoms with Crippen LogP contribution in [0.4, 0.5) is 5.13 Å². The molecule has 1 amide bonds. The van der Waals surface area contributed by atoms with Gasteiger partial charge in [-0.1, -0.05) is 17.4 Å². The average Bonchev–Trinajstić information content (AvgIpc) is 3.30. The number of hydrogen-bond donors (Lipinski definition) is 1. The van der Waals surface area contributed by atoms with Gasteiger partial charge in [-0.2, -0.15) is 0 Å². The van der Waals surface area contributed by atoms with Crippen molar-refractivity contribution in [3.63, 3.8) is 0 Å². The molecule has 6 nitrogen and oxygen atoms in total. The molecule has 1 N–H and O–H groups in total. The van der Waals surface area contributed by atoms with Crippen LogP contribution in [0.5, 0.6) is 0 Å². The molecular weight excluding hydrogens is 390 g/mol. The molecule has 1 fully saturated rings. The molecule has 146 valence electrons. The van der Waals surface area contributed by atoms with Gasteiger partial charge >= 0.3 is 0 Å². The van der Waals surface area contributed by atoms with Crippen LogP contribution in [-0.4, -0.2) is 53.5 Å². The number of benzene rings is 1.